The predicted octanol–water partition coefficient (Wildman–Crippen LogP) is 3.46. The second kappa shape index (κ2) is 6.42. The molecule has 0 aliphatic heterocycles. The van der Waals surface area contributed by atoms with Crippen LogP contribution in [0.15, 0.2) is 23.1 Å². The Balaban J connectivity index is 1.65. The average Bonchev–Trinajstić information content (AvgIpc) is 3.46. The molecule has 4 rings (SSSR count). The number of ether oxygens (including phenoxy) is 2. The van der Waals surface area contributed by atoms with Gasteiger partial charge in [-0.1, -0.05) is 11.6 Å². The second-order valence-corrected chi connectivity index (χ2v) is 6.91. The lowest BCUT2D eigenvalue weighted by Crippen LogP contribution is -2.22. The van der Waals surface area contributed by atoms with Crippen molar-refractivity contribution < 1.29 is 18.7 Å². The molecule has 25 heavy (non-hydrogen) atoms. The lowest BCUT2D eigenvalue weighted by Gasteiger charge is -2.13. The Morgan fingerprint density at radius 2 is 2.00 bits per heavy atom. The molecule has 1 aromatic heterocycles. The van der Waals surface area contributed by atoms with Crippen LogP contribution in [0.5, 0.6) is 0 Å². The zero-order valence-corrected chi connectivity index (χ0v) is 14.2. The Labute approximate surface area is 148 Å². The number of aromatic nitrogens is 1. The van der Waals surface area contributed by atoms with Crippen LogP contribution in [0.3, 0.4) is 0 Å². The molecular weight excluding hydrogens is 349 g/mol. The predicted molar refractivity (Wildman–Crippen MR) is 90.7 cm³/mol. The van der Waals surface area contributed by atoms with Crippen LogP contribution < -0.4 is 5.43 Å². The fraction of sp³-hybridized carbons (Fsp3) is 0.444. The summed E-state index contributed by atoms with van der Waals surface area (Å²) in [6.07, 6.45) is 5.74. The van der Waals surface area contributed by atoms with Crippen molar-refractivity contribution in [3.63, 3.8) is 0 Å². The van der Waals surface area contributed by atoms with Gasteiger partial charge < -0.3 is 14.0 Å². The monoisotopic (exact) mass is 365 g/mol. The number of hydrogen-bond donors (Lipinski definition) is 0. The lowest BCUT2D eigenvalue weighted by molar-refractivity contribution is 0.0284. The van der Waals surface area contributed by atoms with Crippen LogP contribution in [0.1, 0.15) is 42.1 Å². The number of nitrogens with zero attached hydrogens (tertiary/aromatic N) is 1. The largest absolute Gasteiger partial charge is 0.459 e. The SMILES string of the molecule is O=C(OCCOC1CC1)c1cn(C2CC2)c2cc(Cl)c(F)cc2c1=O. The van der Waals surface area contributed by atoms with E-state index in [0.717, 1.165) is 31.7 Å². The molecule has 0 unspecified atom stereocenters. The Morgan fingerprint density at radius 3 is 2.68 bits per heavy atom. The standard InChI is InChI=1S/C18H17ClFNO4/c19-14-8-16-12(7-15(14)20)17(22)13(9-21(16)10-1-2-10)18(23)25-6-5-24-11-3-4-11/h7-11H,1-6H2. The third-order valence-corrected chi connectivity index (χ3v) is 4.72. The van der Waals surface area contributed by atoms with E-state index >= 15 is 0 Å². The minimum atomic E-state index is -0.712. The molecule has 0 bridgehead atoms. The molecule has 1 aromatic carbocycles. The van der Waals surface area contributed by atoms with Crippen molar-refractivity contribution in [3.05, 3.63) is 45.0 Å². The van der Waals surface area contributed by atoms with Gasteiger partial charge in [-0.15, -0.1) is 0 Å². The zero-order valence-electron chi connectivity index (χ0n) is 13.5. The van der Waals surface area contributed by atoms with E-state index in [9.17, 15) is 14.0 Å². The maximum Gasteiger partial charge on any atom is 0.343 e. The molecule has 2 aliphatic rings. The van der Waals surface area contributed by atoms with E-state index in [0.29, 0.717) is 12.1 Å². The Hall–Kier alpha value is -1.92. The maximum absolute atomic E-state index is 13.8. The molecule has 2 aliphatic carbocycles. The van der Waals surface area contributed by atoms with Crippen LogP contribution in [-0.4, -0.2) is 29.9 Å². The van der Waals surface area contributed by atoms with E-state index in [4.69, 9.17) is 21.1 Å². The van der Waals surface area contributed by atoms with Crippen LogP contribution in [0.2, 0.25) is 5.02 Å². The zero-order chi connectivity index (χ0) is 17.6. The molecule has 2 fully saturated rings. The Bertz CT molecular complexity index is 902. The van der Waals surface area contributed by atoms with E-state index in [1.165, 1.54) is 12.3 Å². The van der Waals surface area contributed by atoms with Crippen LogP contribution in [0, 0.1) is 5.82 Å². The van der Waals surface area contributed by atoms with Crippen molar-refractivity contribution in [2.75, 3.05) is 13.2 Å². The van der Waals surface area contributed by atoms with Crippen LogP contribution in [0.4, 0.5) is 4.39 Å². The Morgan fingerprint density at radius 1 is 1.24 bits per heavy atom. The molecule has 1 heterocycles. The molecule has 2 aromatic rings. The highest BCUT2D eigenvalue weighted by Crippen LogP contribution is 2.37. The van der Waals surface area contributed by atoms with E-state index < -0.39 is 17.2 Å². The highest BCUT2D eigenvalue weighted by atomic mass is 35.5. The summed E-state index contributed by atoms with van der Waals surface area (Å²) in [5.74, 6) is -1.40. The summed E-state index contributed by atoms with van der Waals surface area (Å²) in [5.41, 5.74) is -0.101. The van der Waals surface area contributed by atoms with Crippen molar-refractivity contribution >= 4 is 28.5 Å². The van der Waals surface area contributed by atoms with Gasteiger partial charge in [-0.25, -0.2) is 9.18 Å². The topological polar surface area (TPSA) is 57.5 Å². The molecule has 132 valence electrons. The van der Waals surface area contributed by atoms with Crippen LogP contribution in [-0.2, 0) is 9.47 Å². The third kappa shape index (κ3) is 3.41. The van der Waals surface area contributed by atoms with Crippen molar-refractivity contribution in [2.24, 2.45) is 0 Å². The fourth-order valence-electron chi connectivity index (χ4n) is 2.81. The number of fused-ring (bicyclic) bond motifs is 1. The molecule has 5 nitrogen and oxygen atoms in total. The van der Waals surface area contributed by atoms with Gasteiger partial charge in [-0.2, -0.15) is 0 Å². The summed E-state index contributed by atoms with van der Waals surface area (Å²) >= 11 is 5.86. The third-order valence-electron chi connectivity index (χ3n) is 4.43. The van der Waals surface area contributed by atoms with E-state index in [1.807, 2.05) is 4.57 Å². The number of rotatable bonds is 6. The number of halogens is 2. The van der Waals surface area contributed by atoms with Crippen molar-refractivity contribution in [1.29, 1.82) is 0 Å². The van der Waals surface area contributed by atoms with Gasteiger partial charge in [0, 0.05) is 17.6 Å². The van der Waals surface area contributed by atoms with Gasteiger partial charge in [-0.3, -0.25) is 4.79 Å². The first-order valence-corrected chi connectivity index (χ1v) is 8.75. The first-order valence-electron chi connectivity index (χ1n) is 8.37. The molecule has 0 atom stereocenters. The summed E-state index contributed by atoms with van der Waals surface area (Å²) in [7, 11) is 0. The minimum absolute atomic E-state index is 0.0474. The fourth-order valence-corrected chi connectivity index (χ4v) is 2.96. The summed E-state index contributed by atoms with van der Waals surface area (Å²) in [5, 5.41) is 0.0892. The smallest absolute Gasteiger partial charge is 0.343 e. The minimum Gasteiger partial charge on any atom is -0.459 e. The van der Waals surface area contributed by atoms with Gasteiger partial charge in [-0.05, 0) is 37.8 Å². The van der Waals surface area contributed by atoms with E-state index in [2.05, 4.69) is 0 Å². The van der Waals surface area contributed by atoms with Gasteiger partial charge in [0.1, 0.15) is 18.0 Å². The highest BCUT2D eigenvalue weighted by Gasteiger charge is 2.28. The number of carbonyl (C=O) groups is 1. The van der Waals surface area contributed by atoms with Gasteiger partial charge >= 0.3 is 5.97 Å². The average molecular weight is 366 g/mol. The summed E-state index contributed by atoms with van der Waals surface area (Å²) in [6.45, 7) is 0.399. The van der Waals surface area contributed by atoms with Crippen molar-refractivity contribution in [1.82, 2.24) is 4.57 Å². The molecule has 0 N–H and O–H groups in total. The normalized spacial score (nSPS) is 17.0. The van der Waals surface area contributed by atoms with Crippen LogP contribution >= 0.6 is 11.6 Å². The highest BCUT2D eigenvalue weighted by molar-refractivity contribution is 6.31. The number of esters is 1. The molecule has 7 heteroatoms. The number of benzene rings is 1. The molecule has 2 saturated carbocycles. The second-order valence-electron chi connectivity index (χ2n) is 6.50. The Kier molecular flexibility index (Phi) is 4.25. The lowest BCUT2D eigenvalue weighted by atomic mass is 10.1. The molecule has 0 saturated heterocycles. The van der Waals surface area contributed by atoms with Crippen molar-refractivity contribution in [2.45, 2.75) is 37.8 Å². The number of hydrogen-bond acceptors (Lipinski definition) is 4. The molecule has 0 spiro atoms. The van der Waals surface area contributed by atoms with Crippen molar-refractivity contribution in [3.8, 4) is 0 Å². The summed E-state index contributed by atoms with van der Waals surface area (Å²) in [6, 6.07) is 2.71. The maximum atomic E-state index is 13.8. The number of pyridine rings is 1. The van der Waals surface area contributed by atoms with Gasteiger partial charge in [0.2, 0.25) is 5.43 Å². The summed E-state index contributed by atoms with van der Waals surface area (Å²) < 4.78 is 26.2. The van der Waals surface area contributed by atoms with E-state index in [-0.39, 0.29) is 34.7 Å². The number of carbonyl (C=O) groups excluding carboxylic acids is 1. The van der Waals surface area contributed by atoms with Gasteiger partial charge in [0.25, 0.3) is 0 Å². The molecular formula is C18H17ClFNO4. The first kappa shape index (κ1) is 16.5. The molecule has 0 amide bonds. The van der Waals surface area contributed by atoms with Gasteiger partial charge in [0.05, 0.1) is 23.3 Å². The van der Waals surface area contributed by atoms with Crippen LogP contribution in [0.25, 0.3) is 10.9 Å². The quantitative estimate of drug-likeness (QED) is 0.581. The molecule has 0 radical (unpaired) electrons. The van der Waals surface area contributed by atoms with E-state index in [1.54, 1.807) is 0 Å². The summed E-state index contributed by atoms with van der Waals surface area (Å²) in [4.78, 5) is 24.9. The first-order chi connectivity index (χ1) is 12.0. The van der Waals surface area contributed by atoms with Gasteiger partial charge in [0.15, 0.2) is 0 Å².